The maximum absolute atomic E-state index is 5.88. The Bertz CT molecular complexity index is 520. The van der Waals surface area contributed by atoms with E-state index in [4.69, 9.17) is 10.5 Å². The largest absolute Gasteiger partial charge is 0.494 e. The van der Waals surface area contributed by atoms with E-state index in [-0.39, 0.29) is 0 Å². The summed E-state index contributed by atoms with van der Waals surface area (Å²) in [5, 5.41) is 4.35. The van der Waals surface area contributed by atoms with Crippen molar-refractivity contribution in [3.05, 3.63) is 41.6 Å². The second-order valence-corrected chi connectivity index (χ2v) is 4.36. The zero-order chi connectivity index (χ0) is 13.0. The summed E-state index contributed by atoms with van der Waals surface area (Å²) in [5.74, 6) is 1.59. The van der Waals surface area contributed by atoms with Crippen LogP contribution in [0.1, 0.15) is 24.6 Å². The minimum absolute atomic E-state index is 0.670. The maximum Gasteiger partial charge on any atom is 0.122 e. The normalized spacial score (nSPS) is 10.6. The third kappa shape index (κ3) is 3.03. The molecule has 0 unspecified atom stereocenters. The summed E-state index contributed by atoms with van der Waals surface area (Å²) in [6, 6.07) is 9.92. The highest BCUT2D eigenvalue weighted by molar-refractivity contribution is 5.33. The average molecular weight is 245 g/mol. The monoisotopic (exact) mass is 245 g/mol. The molecule has 2 N–H and O–H groups in total. The first-order valence-corrected chi connectivity index (χ1v) is 6.20. The number of aryl methyl sites for hydroxylation is 1. The summed E-state index contributed by atoms with van der Waals surface area (Å²) in [5.41, 5.74) is 7.95. The zero-order valence-electron chi connectivity index (χ0n) is 10.9. The van der Waals surface area contributed by atoms with E-state index in [0.29, 0.717) is 12.4 Å². The summed E-state index contributed by atoms with van der Waals surface area (Å²) in [6.07, 6.45) is 1.01. The van der Waals surface area contributed by atoms with Gasteiger partial charge >= 0.3 is 0 Å². The lowest BCUT2D eigenvalue weighted by atomic mass is 10.2. The standard InChI is InChI=1S/C14H19N3O/c1-3-7-18-13-6-4-5-12(9-13)10-17-14(15)8-11(2)16-17/h4-6,8-9H,3,7,10,15H2,1-2H3. The van der Waals surface area contributed by atoms with Crippen molar-refractivity contribution in [3.8, 4) is 5.75 Å². The molecule has 18 heavy (non-hydrogen) atoms. The van der Waals surface area contributed by atoms with Gasteiger partial charge in [-0.05, 0) is 31.0 Å². The summed E-state index contributed by atoms with van der Waals surface area (Å²) in [7, 11) is 0. The minimum Gasteiger partial charge on any atom is -0.494 e. The zero-order valence-corrected chi connectivity index (χ0v) is 10.9. The third-order valence-corrected chi connectivity index (χ3v) is 2.64. The molecule has 0 saturated carbocycles. The van der Waals surface area contributed by atoms with Crippen molar-refractivity contribution in [1.29, 1.82) is 0 Å². The molecule has 0 radical (unpaired) electrons. The maximum atomic E-state index is 5.88. The van der Waals surface area contributed by atoms with Crippen molar-refractivity contribution in [2.45, 2.75) is 26.8 Å². The molecule has 2 aromatic rings. The Kier molecular flexibility index (Phi) is 3.87. The molecule has 4 heteroatoms. The second-order valence-electron chi connectivity index (χ2n) is 4.36. The number of hydrogen-bond donors (Lipinski definition) is 1. The van der Waals surface area contributed by atoms with E-state index in [0.717, 1.165) is 30.0 Å². The summed E-state index contributed by atoms with van der Waals surface area (Å²) >= 11 is 0. The molecule has 0 aliphatic carbocycles. The van der Waals surface area contributed by atoms with E-state index in [1.54, 1.807) is 4.68 Å². The van der Waals surface area contributed by atoms with Crippen LogP contribution in [0.5, 0.6) is 5.75 Å². The molecule has 1 heterocycles. The molecular formula is C14H19N3O. The highest BCUT2D eigenvalue weighted by Gasteiger charge is 2.03. The number of nitrogens with zero attached hydrogens (tertiary/aromatic N) is 2. The van der Waals surface area contributed by atoms with E-state index >= 15 is 0 Å². The van der Waals surface area contributed by atoms with Crippen LogP contribution < -0.4 is 10.5 Å². The number of rotatable bonds is 5. The number of ether oxygens (including phenoxy) is 1. The molecule has 0 atom stereocenters. The second kappa shape index (κ2) is 5.58. The van der Waals surface area contributed by atoms with Crippen LogP contribution in [0.2, 0.25) is 0 Å². The number of benzene rings is 1. The number of hydrogen-bond acceptors (Lipinski definition) is 3. The first-order valence-electron chi connectivity index (χ1n) is 6.20. The topological polar surface area (TPSA) is 53.1 Å². The van der Waals surface area contributed by atoms with Crippen LogP contribution in [-0.2, 0) is 6.54 Å². The number of nitrogen functional groups attached to an aromatic ring is 1. The van der Waals surface area contributed by atoms with E-state index < -0.39 is 0 Å². The smallest absolute Gasteiger partial charge is 0.122 e. The van der Waals surface area contributed by atoms with Crippen LogP contribution in [0.15, 0.2) is 30.3 Å². The van der Waals surface area contributed by atoms with Gasteiger partial charge in [0, 0.05) is 6.07 Å². The fraction of sp³-hybridized carbons (Fsp3) is 0.357. The molecule has 0 amide bonds. The van der Waals surface area contributed by atoms with E-state index in [1.807, 2.05) is 31.2 Å². The first kappa shape index (κ1) is 12.5. The van der Waals surface area contributed by atoms with Gasteiger partial charge in [0.15, 0.2) is 0 Å². The predicted molar refractivity (Wildman–Crippen MR) is 72.7 cm³/mol. The van der Waals surface area contributed by atoms with Gasteiger partial charge in [-0.2, -0.15) is 5.10 Å². The van der Waals surface area contributed by atoms with E-state index in [1.165, 1.54) is 0 Å². The Hall–Kier alpha value is -1.97. The van der Waals surface area contributed by atoms with Gasteiger partial charge in [0.05, 0.1) is 18.8 Å². The molecule has 0 fully saturated rings. The van der Waals surface area contributed by atoms with Crippen LogP contribution in [0.4, 0.5) is 5.82 Å². The SMILES string of the molecule is CCCOc1cccc(Cn2nc(C)cc2N)c1. The van der Waals surface area contributed by atoms with Crippen LogP contribution >= 0.6 is 0 Å². The highest BCUT2D eigenvalue weighted by Crippen LogP contribution is 2.16. The lowest BCUT2D eigenvalue weighted by molar-refractivity contribution is 0.317. The van der Waals surface area contributed by atoms with Crippen molar-refractivity contribution < 1.29 is 4.74 Å². The van der Waals surface area contributed by atoms with Gasteiger partial charge in [-0.1, -0.05) is 19.1 Å². The molecule has 96 valence electrons. The molecule has 0 saturated heterocycles. The molecule has 0 aliphatic rings. The van der Waals surface area contributed by atoms with Crippen molar-refractivity contribution in [3.63, 3.8) is 0 Å². The van der Waals surface area contributed by atoms with Gasteiger partial charge in [-0.15, -0.1) is 0 Å². The van der Waals surface area contributed by atoms with Crippen molar-refractivity contribution >= 4 is 5.82 Å². The van der Waals surface area contributed by atoms with Gasteiger partial charge in [0.1, 0.15) is 11.6 Å². The van der Waals surface area contributed by atoms with Crippen molar-refractivity contribution in [2.24, 2.45) is 0 Å². The van der Waals surface area contributed by atoms with Crippen LogP contribution in [0.3, 0.4) is 0 Å². The van der Waals surface area contributed by atoms with Crippen LogP contribution in [0.25, 0.3) is 0 Å². The Labute approximate surface area is 107 Å². The third-order valence-electron chi connectivity index (χ3n) is 2.64. The van der Waals surface area contributed by atoms with Gasteiger partial charge in [0.25, 0.3) is 0 Å². The van der Waals surface area contributed by atoms with Gasteiger partial charge in [-0.25, -0.2) is 4.68 Å². The molecule has 0 spiro atoms. The Morgan fingerprint density at radius 1 is 1.33 bits per heavy atom. The highest BCUT2D eigenvalue weighted by atomic mass is 16.5. The van der Waals surface area contributed by atoms with E-state index in [2.05, 4.69) is 18.1 Å². The van der Waals surface area contributed by atoms with Gasteiger partial charge in [0.2, 0.25) is 0 Å². The van der Waals surface area contributed by atoms with Gasteiger partial charge in [-0.3, -0.25) is 0 Å². The number of aromatic nitrogens is 2. The molecule has 2 rings (SSSR count). The Morgan fingerprint density at radius 3 is 2.83 bits per heavy atom. The van der Waals surface area contributed by atoms with Crippen LogP contribution in [0, 0.1) is 6.92 Å². The summed E-state index contributed by atoms with van der Waals surface area (Å²) in [4.78, 5) is 0. The Morgan fingerprint density at radius 2 is 2.17 bits per heavy atom. The fourth-order valence-corrected chi connectivity index (χ4v) is 1.82. The van der Waals surface area contributed by atoms with Crippen LogP contribution in [-0.4, -0.2) is 16.4 Å². The summed E-state index contributed by atoms with van der Waals surface area (Å²) < 4.78 is 7.41. The molecule has 0 aliphatic heterocycles. The number of anilines is 1. The molecule has 1 aromatic carbocycles. The molecular weight excluding hydrogens is 226 g/mol. The van der Waals surface area contributed by atoms with E-state index in [9.17, 15) is 0 Å². The molecule has 0 bridgehead atoms. The van der Waals surface area contributed by atoms with Crippen molar-refractivity contribution in [2.75, 3.05) is 12.3 Å². The minimum atomic E-state index is 0.670. The lowest BCUT2D eigenvalue weighted by Crippen LogP contribution is -2.06. The fourth-order valence-electron chi connectivity index (χ4n) is 1.82. The van der Waals surface area contributed by atoms with Gasteiger partial charge < -0.3 is 10.5 Å². The first-order chi connectivity index (χ1) is 8.69. The summed E-state index contributed by atoms with van der Waals surface area (Å²) in [6.45, 7) is 5.44. The predicted octanol–water partition coefficient (Wildman–Crippen LogP) is 2.61. The molecule has 1 aromatic heterocycles. The lowest BCUT2D eigenvalue weighted by Gasteiger charge is -2.08. The molecule has 4 nitrogen and oxygen atoms in total. The van der Waals surface area contributed by atoms with Crippen molar-refractivity contribution in [1.82, 2.24) is 9.78 Å². The Balaban J connectivity index is 2.11. The average Bonchev–Trinajstić information content (AvgIpc) is 2.66. The number of nitrogens with two attached hydrogens (primary N) is 1. The quantitative estimate of drug-likeness (QED) is 0.881.